The SMILES string of the molecule is CN1CCC2CC(C1)N2. The first kappa shape index (κ1) is 5.69. The molecule has 0 radical (unpaired) electrons. The zero-order valence-electron chi connectivity index (χ0n) is 5.93. The monoisotopic (exact) mass is 126 g/mol. The number of nitrogens with one attached hydrogen (secondary N) is 1. The van der Waals surface area contributed by atoms with Gasteiger partial charge in [0.2, 0.25) is 0 Å². The Hall–Kier alpha value is -0.0800. The van der Waals surface area contributed by atoms with Crippen LogP contribution in [-0.4, -0.2) is 37.1 Å². The Morgan fingerprint density at radius 2 is 2.22 bits per heavy atom. The van der Waals surface area contributed by atoms with Crippen LogP contribution in [0.25, 0.3) is 0 Å². The summed E-state index contributed by atoms with van der Waals surface area (Å²) in [4.78, 5) is 2.42. The average Bonchev–Trinajstić information content (AvgIpc) is 1.93. The summed E-state index contributed by atoms with van der Waals surface area (Å²) >= 11 is 0. The molecule has 0 aromatic heterocycles. The minimum absolute atomic E-state index is 0.822. The van der Waals surface area contributed by atoms with Gasteiger partial charge in [0, 0.05) is 18.6 Å². The molecular weight excluding hydrogens is 112 g/mol. The van der Waals surface area contributed by atoms with Crippen molar-refractivity contribution in [3.8, 4) is 0 Å². The van der Waals surface area contributed by atoms with Crippen LogP contribution >= 0.6 is 0 Å². The summed E-state index contributed by atoms with van der Waals surface area (Å²) in [6.45, 7) is 2.55. The van der Waals surface area contributed by atoms with Crippen LogP contribution in [-0.2, 0) is 0 Å². The van der Waals surface area contributed by atoms with Gasteiger partial charge < -0.3 is 10.2 Å². The molecule has 3 fully saturated rings. The predicted molar refractivity (Wildman–Crippen MR) is 37.4 cm³/mol. The van der Waals surface area contributed by atoms with Crippen molar-refractivity contribution in [2.75, 3.05) is 20.1 Å². The second-order valence-electron chi connectivity index (χ2n) is 3.35. The smallest absolute Gasteiger partial charge is 0.0212 e. The molecule has 2 bridgehead atoms. The average molecular weight is 126 g/mol. The van der Waals surface area contributed by atoms with Crippen LogP contribution in [0.3, 0.4) is 0 Å². The maximum atomic E-state index is 3.53. The molecule has 0 aromatic carbocycles. The molecule has 3 aliphatic rings. The molecule has 52 valence electrons. The van der Waals surface area contributed by atoms with Crippen molar-refractivity contribution in [2.24, 2.45) is 0 Å². The summed E-state index contributed by atoms with van der Waals surface area (Å²) in [5.41, 5.74) is 0. The van der Waals surface area contributed by atoms with Crippen molar-refractivity contribution in [3.05, 3.63) is 0 Å². The molecule has 0 spiro atoms. The van der Waals surface area contributed by atoms with E-state index < -0.39 is 0 Å². The van der Waals surface area contributed by atoms with Crippen LogP contribution < -0.4 is 5.32 Å². The van der Waals surface area contributed by atoms with Gasteiger partial charge in [0.15, 0.2) is 0 Å². The van der Waals surface area contributed by atoms with E-state index >= 15 is 0 Å². The molecule has 0 saturated carbocycles. The fraction of sp³-hybridized carbons (Fsp3) is 1.00. The molecule has 2 heteroatoms. The Morgan fingerprint density at radius 1 is 1.44 bits per heavy atom. The molecule has 0 aromatic rings. The van der Waals surface area contributed by atoms with Crippen molar-refractivity contribution >= 4 is 0 Å². The molecule has 1 N–H and O–H groups in total. The lowest BCUT2D eigenvalue weighted by Crippen LogP contribution is -2.53. The largest absolute Gasteiger partial charge is 0.310 e. The first-order chi connectivity index (χ1) is 4.34. The van der Waals surface area contributed by atoms with Gasteiger partial charge in [-0.1, -0.05) is 0 Å². The van der Waals surface area contributed by atoms with E-state index in [9.17, 15) is 0 Å². The summed E-state index contributed by atoms with van der Waals surface area (Å²) in [7, 11) is 2.21. The van der Waals surface area contributed by atoms with Crippen LogP contribution in [0, 0.1) is 0 Å². The van der Waals surface area contributed by atoms with Gasteiger partial charge in [0.05, 0.1) is 0 Å². The van der Waals surface area contributed by atoms with Crippen LogP contribution in [0.5, 0.6) is 0 Å². The van der Waals surface area contributed by atoms with Crippen molar-refractivity contribution in [1.29, 1.82) is 0 Å². The highest BCUT2D eigenvalue weighted by molar-refractivity contribution is 4.93. The van der Waals surface area contributed by atoms with Gasteiger partial charge in [-0.15, -0.1) is 0 Å². The van der Waals surface area contributed by atoms with Crippen molar-refractivity contribution in [2.45, 2.75) is 24.9 Å². The normalized spacial score (nSPS) is 43.7. The zero-order chi connectivity index (χ0) is 6.27. The van der Waals surface area contributed by atoms with E-state index in [4.69, 9.17) is 0 Å². The Balaban J connectivity index is 1.96. The zero-order valence-corrected chi connectivity index (χ0v) is 5.93. The molecule has 0 aliphatic carbocycles. The molecule has 0 amide bonds. The number of nitrogens with zero attached hydrogens (tertiary/aromatic N) is 1. The van der Waals surface area contributed by atoms with Gasteiger partial charge in [-0.05, 0) is 26.4 Å². The van der Waals surface area contributed by atoms with Gasteiger partial charge in [-0.25, -0.2) is 0 Å². The Bertz CT molecular complexity index is 107. The van der Waals surface area contributed by atoms with Crippen LogP contribution in [0.1, 0.15) is 12.8 Å². The lowest BCUT2D eigenvalue weighted by molar-refractivity contribution is 0.258. The first-order valence-electron chi connectivity index (χ1n) is 3.79. The maximum Gasteiger partial charge on any atom is 0.0212 e. The highest BCUT2D eigenvalue weighted by Crippen LogP contribution is 2.19. The third-order valence-electron chi connectivity index (χ3n) is 2.43. The molecule has 3 heterocycles. The quantitative estimate of drug-likeness (QED) is 0.493. The van der Waals surface area contributed by atoms with Crippen LogP contribution in [0.15, 0.2) is 0 Å². The van der Waals surface area contributed by atoms with Gasteiger partial charge in [0.1, 0.15) is 0 Å². The molecule has 2 atom stereocenters. The van der Waals surface area contributed by atoms with Crippen LogP contribution in [0.2, 0.25) is 0 Å². The minimum atomic E-state index is 0.822. The Kier molecular flexibility index (Phi) is 1.24. The lowest BCUT2D eigenvalue weighted by Gasteiger charge is -2.34. The molecule has 3 saturated heterocycles. The van der Waals surface area contributed by atoms with Gasteiger partial charge in [-0.2, -0.15) is 0 Å². The van der Waals surface area contributed by atoms with Crippen LogP contribution in [0.4, 0.5) is 0 Å². The Morgan fingerprint density at radius 3 is 3.00 bits per heavy atom. The topological polar surface area (TPSA) is 15.3 Å². The van der Waals surface area contributed by atoms with Gasteiger partial charge >= 0.3 is 0 Å². The number of rotatable bonds is 0. The van der Waals surface area contributed by atoms with E-state index in [2.05, 4.69) is 17.3 Å². The van der Waals surface area contributed by atoms with E-state index in [0.717, 1.165) is 12.1 Å². The van der Waals surface area contributed by atoms with E-state index in [1.807, 2.05) is 0 Å². The first-order valence-corrected chi connectivity index (χ1v) is 3.79. The molecule has 9 heavy (non-hydrogen) atoms. The van der Waals surface area contributed by atoms with E-state index in [1.54, 1.807) is 0 Å². The van der Waals surface area contributed by atoms with Crippen molar-refractivity contribution in [1.82, 2.24) is 10.2 Å². The standard InChI is InChI=1S/C7H14N2/c1-9-3-2-6-4-7(5-9)8-6/h6-8H,2-5H2,1H3. The fourth-order valence-electron chi connectivity index (χ4n) is 1.82. The predicted octanol–water partition coefficient (Wildman–Crippen LogP) is 0.0524. The third-order valence-corrected chi connectivity index (χ3v) is 2.43. The Labute approximate surface area is 56.2 Å². The number of hydrogen-bond donors (Lipinski definition) is 1. The van der Waals surface area contributed by atoms with E-state index in [-0.39, 0.29) is 0 Å². The summed E-state index contributed by atoms with van der Waals surface area (Å²) < 4.78 is 0. The maximum absolute atomic E-state index is 3.53. The second kappa shape index (κ2) is 1.96. The molecule has 2 unspecified atom stereocenters. The van der Waals surface area contributed by atoms with Crippen molar-refractivity contribution < 1.29 is 0 Å². The molecule has 2 nitrogen and oxygen atoms in total. The van der Waals surface area contributed by atoms with Crippen molar-refractivity contribution in [3.63, 3.8) is 0 Å². The summed E-state index contributed by atoms with van der Waals surface area (Å²) in [5, 5.41) is 3.53. The number of likely N-dealkylation sites (N-methyl/N-ethyl adjacent to an activating group) is 1. The minimum Gasteiger partial charge on any atom is -0.310 e. The third kappa shape index (κ3) is 0.970. The van der Waals surface area contributed by atoms with Gasteiger partial charge in [-0.3, -0.25) is 0 Å². The summed E-state index contributed by atoms with van der Waals surface area (Å²) in [6, 6.07) is 1.68. The number of fused-ring (bicyclic) bond motifs is 3. The second-order valence-corrected chi connectivity index (χ2v) is 3.35. The molecule has 3 aliphatic heterocycles. The highest BCUT2D eigenvalue weighted by Gasteiger charge is 2.31. The fourth-order valence-corrected chi connectivity index (χ4v) is 1.82. The molecular formula is C7H14N2. The summed E-state index contributed by atoms with van der Waals surface area (Å²) in [5.74, 6) is 0. The van der Waals surface area contributed by atoms with E-state index in [1.165, 1.54) is 25.9 Å². The molecule has 3 rings (SSSR count). The van der Waals surface area contributed by atoms with Gasteiger partial charge in [0.25, 0.3) is 0 Å². The summed E-state index contributed by atoms with van der Waals surface area (Å²) in [6.07, 6.45) is 2.78. The number of hydrogen-bond acceptors (Lipinski definition) is 2. The van der Waals surface area contributed by atoms with E-state index in [0.29, 0.717) is 0 Å². The lowest BCUT2D eigenvalue weighted by atomic mass is 9.97. The highest BCUT2D eigenvalue weighted by atomic mass is 15.2.